The van der Waals surface area contributed by atoms with Gasteiger partial charge in [0.25, 0.3) is 5.56 Å². The van der Waals surface area contributed by atoms with E-state index in [9.17, 15) is 28.3 Å². The van der Waals surface area contributed by atoms with Gasteiger partial charge in [0.05, 0.1) is 11.3 Å². The molecular weight excluding hydrogens is 373 g/mol. The zero-order valence-corrected chi connectivity index (χ0v) is 14.0. The molecule has 0 saturated heterocycles. The Bertz CT molecular complexity index is 1150. The second-order valence-corrected chi connectivity index (χ2v) is 5.63. The lowest BCUT2D eigenvalue weighted by Gasteiger charge is -2.09. The van der Waals surface area contributed by atoms with Gasteiger partial charge in [-0.3, -0.25) is 9.78 Å². The Morgan fingerprint density at radius 3 is 2.39 bits per heavy atom. The van der Waals surface area contributed by atoms with Crippen LogP contribution < -0.4 is 5.56 Å². The number of hydrogen-bond donors (Lipinski definition) is 2. The molecule has 1 heterocycles. The van der Waals surface area contributed by atoms with Crippen molar-refractivity contribution in [2.24, 2.45) is 10.2 Å². The Kier molecular flexibility index (Phi) is 4.96. The van der Waals surface area contributed by atoms with Crippen LogP contribution in [0.3, 0.4) is 0 Å². The van der Waals surface area contributed by atoms with Gasteiger partial charge in [-0.1, -0.05) is 36.4 Å². The van der Waals surface area contributed by atoms with Crippen molar-refractivity contribution in [2.75, 3.05) is 0 Å². The lowest BCUT2D eigenvalue weighted by Crippen LogP contribution is -2.08. The minimum atomic E-state index is -4.55. The molecule has 1 aromatic heterocycles. The van der Waals surface area contributed by atoms with Crippen molar-refractivity contribution in [3.8, 4) is 23.1 Å². The number of benzene rings is 2. The summed E-state index contributed by atoms with van der Waals surface area (Å²) in [5, 5.41) is 26.7. The molecule has 0 aliphatic carbocycles. The van der Waals surface area contributed by atoms with Crippen molar-refractivity contribution < 1.29 is 18.3 Å². The first-order chi connectivity index (χ1) is 13.3. The summed E-state index contributed by atoms with van der Waals surface area (Å²) in [6.07, 6.45) is -4.55. The van der Waals surface area contributed by atoms with E-state index in [0.29, 0.717) is 5.56 Å². The third-order valence-corrected chi connectivity index (χ3v) is 3.78. The molecule has 28 heavy (non-hydrogen) atoms. The van der Waals surface area contributed by atoms with Crippen LogP contribution in [-0.2, 0) is 6.18 Å². The lowest BCUT2D eigenvalue weighted by atomic mass is 10.00. The largest absolute Gasteiger partial charge is 0.494 e. The van der Waals surface area contributed by atoms with Gasteiger partial charge in [-0.2, -0.15) is 23.5 Å². The minimum Gasteiger partial charge on any atom is -0.494 e. The number of halogens is 3. The zero-order chi connectivity index (χ0) is 20.3. The van der Waals surface area contributed by atoms with Crippen LogP contribution in [0.4, 0.5) is 24.5 Å². The number of aromatic amines is 1. The number of azo groups is 1. The van der Waals surface area contributed by atoms with Crippen LogP contribution in [0.25, 0.3) is 11.1 Å². The summed E-state index contributed by atoms with van der Waals surface area (Å²) in [6.45, 7) is 0. The molecule has 3 rings (SSSR count). The van der Waals surface area contributed by atoms with Crippen molar-refractivity contribution in [2.45, 2.75) is 6.18 Å². The standard InChI is InChI=1S/C19H11F3N4O2/c20-19(21,22)12-7-4-8-13(9-12)25-26-16-15(11-5-2-1-3-6-11)14(10-23)17(27)24-18(16)28/h1-9H,(H2,24,27,28). The lowest BCUT2D eigenvalue weighted by molar-refractivity contribution is -0.137. The fourth-order valence-electron chi connectivity index (χ4n) is 2.52. The molecule has 0 aliphatic rings. The van der Waals surface area contributed by atoms with Crippen LogP contribution in [0.15, 0.2) is 69.6 Å². The Balaban J connectivity index is 2.17. The number of aromatic hydroxyl groups is 1. The number of pyridine rings is 1. The first-order valence-electron chi connectivity index (χ1n) is 7.85. The molecule has 2 aromatic carbocycles. The van der Waals surface area contributed by atoms with Gasteiger partial charge in [0, 0.05) is 5.56 Å². The quantitative estimate of drug-likeness (QED) is 0.618. The fourth-order valence-corrected chi connectivity index (χ4v) is 2.52. The number of hydrogen-bond acceptors (Lipinski definition) is 5. The second-order valence-electron chi connectivity index (χ2n) is 5.63. The molecule has 0 aliphatic heterocycles. The molecule has 0 fully saturated rings. The van der Waals surface area contributed by atoms with Crippen LogP contribution in [0.2, 0.25) is 0 Å². The van der Waals surface area contributed by atoms with E-state index in [-0.39, 0.29) is 22.5 Å². The summed E-state index contributed by atoms with van der Waals surface area (Å²) in [6, 6.07) is 14.1. The van der Waals surface area contributed by atoms with Gasteiger partial charge in [-0.05, 0) is 23.8 Å². The topological polar surface area (TPSA) is 102 Å². The van der Waals surface area contributed by atoms with Crippen molar-refractivity contribution in [1.82, 2.24) is 4.98 Å². The number of rotatable bonds is 3. The molecule has 0 atom stereocenters. The summed E-state index contributed by atoms with van der Waals surface area (Å²) >= 11 is 0. The molecule has 3 aromatic rings. The third kappa shape index (κ3) is 3.76. The van der Waals surface area contributed by atoms with Gasteiger partial charge >= 0.3 is 6.18 Å². The molecule has 0 amide bonds. The Morgan fingerprint density at radius 1 is 1.04 bits per heavy atom. The first kappa shape index (κ1) is 18.8. The summed E-state index contributed by atoms with van der Waals surface area (Å²) < 4.78 is 38.5. The summed E-state index contributed by atoms with van der Waals surface area (Å²) in [5.41, 5.74) is -1.98. The van der Waals surface area contributed by atoms with Crippen LogP contribution in [0.1, 0.15) is 11.1 Å². The van der Waals surface area contributed by atoms with E-state index < -0.39 is 23.2 Å². The fraction of sp³-hybridized carbons (Fsp3) is 0.0526. The Hall–Kier alpha value is -3.93. The van der Waals surface area contributed by atoms with Crippen molar-refractivity contribution in [1.29, 1.82) is 5.26 Å². The van der Waals surface area contributed by atoms with Gasteiger partial charge < -0.3 is 5.11 Å². The predicted molar refractivity (Wildman–Crippen MR) is 94.5 cm³/mol. The predicted octanol–water partition coefficient (Wildman–Crippen LogP) is 5.05. The van der Waals surface area contributed by atoms with Crippen LogP contribution in [0.5, 0.6) is 5.88 Å². The molecule has 0 radical (unpaired) electrons. The average molecular weight is 384 g/mol. The van der Waals surface area contributed by atoms with Gasteiger partial charge in [-0.15, -0.1) is 5.11 Å². The molecular formula is C19H11F3N4O2. The first-order valence-corrected chi connectivity index (χ1v) is 7.85. The number of aromatic nitrogens is 1. The third-order valence-electron chi connectivity index (χ3n) is 3.78. The van der Waals surface area contributed by atoms with E-state index >= 15 is 0 Å². The van der Waals surface area contributed by atoms with Crippen molar-refractivity contribution in [3.05, 3.63) is 76.1 Å². The number of alkyl halides is 3. The molecule has 140 valence electrons. The Morgan fingerprint density at radius 2 is 1.75 bits per heavy atom. The SMILES string of the molecule is N#Cc1c(O)[nH]c(=O)c(N=Nc2cccc(C(F)(F)F)c2)c1-c1ccccc1. The maximum atomic E-state index is 12.8. The van der Waals surface area contributed by atoms with E-state index in [1.54, 1.807) is 36.4 Å². The second kappa shape index (κ2) is 7.36. The van der Waals surface area contributed by atoms with E-state index in [1.807, 2.05) is 0 Å². The summed E-state index contributed by atoms with van der Waals surface area (Å²) in [4.78, 5) is 14.4. The van der Waals surface area contributed by atoms with Gasteiger partial charge in [0.2, 0.25) is 5.88 Å². The molecule has 0 spiro atoms. The Labute approximate surface area is 156 Å². The highest BCUT2D eigenvalue weighted by Gasteiger charge is 2.30. The van der Waals surface area contributed by atoms with Crippen LogP contribution >= 0.6 is 0 Å². The highest BCUT2D eigenvalue weighted by molar-refractivity contribution is 5.82. The van der Waals surface area contributed by atoms with Crippen LogP contribution in [0, 0.1) is 11.3 Å². The maximum Gasteiger partial charge on any atom is 0.416 e. The zero-order valence-electron chi connectivity index (χ0n) is 14.0. The van der Waals surface area contributed by atoms with Crippen molar-refractivity contribution in [3.63, 3.8) is 0 Å². The van der Waals surface area contributed by atoms with Gasteiger partial charge in [-0.25, -0.2) is 0 Å². The molecule has 2 N–H and O–H groups in total. The molecule has 0 saturated carbocycles. The molecule has 0 unspecified atom stereocenters. The van der Waals surface area contributed by atoms with Crippen molar-refractivity contribution >= 4 is 11.4 Å². The number of nitriles is 1. The normalized spacial score (nSPS) is 11.5. The number of nitrogens with zero attached hydrogens (tertiary/aromatic N) is 3. The maximum absolute atomic E-state index is 12.8. The summed E-state index contributed by atoms with van der Waals surface area (Å²) in [7, 11) is 0. The highest BCUT2D eigenvalue weighted by Crippen LogP contribution is 2.35. The van der Waals surface area contributed by atoms with Crippen LogP contribution in [-0.4, -0.2) is 10.1 Å². The number of H-pyrrole nitrogens is 1. The van der Waals surface area contributed by atoms with E-state index in [1.165, 1.54) is 6.07 Å². The smallest absolute Gasteiger partial charge is 0.416 e. The average Bonchev–Trinajstić information content (AvgIpc) is 2.67. The van der Waals surface area contributed by atoms with E-state index in [4.69, 9.17) is 0 Å². The van der Waals surface area contributed by atoms with Gasteiger partial charge in [0.15, 0.2) is 5.69 Å². The van der Waals surface area contributed by atoms with E-state index in [2.05, 4.69) is 15.2 Å². The monoisotopic (exact) mass is 384 g/mol. The molecule has 9 heteroatoms. The molecule has 0 bridgehead atoms. The minimum absolute atomic E-state index is 0.0278. The molecule has 6 nitrogen and oxygen atoms in total. The van der Waals surface area contributed by atoms with E-state index in [0.717, 1.165) is 18.2 Å². The highest BCUT2D eigenvalue weighted by atomic mass is 19.4. The van der Waals surface area contributed by atoms with Gasteiger partial charge in [0.1, 0.15) is 11.6 Å². The number of nitrogens with one attached hydrogen (secondary N) is 1. The summed E-state index contributed by atoms with van der Waals surface area (Å²) in [5.74, 6) is -0.635.